The molecule has 1 aromatic heterocycles. The van der Waals surface area contributed by atoms with Crippen molar-refractivity contribution < 1.29 is 0 Å². The Morgan fingerprint density at radius 1 is 1.13 bits per heavy atom. The third-order valence-electron chi connectivity index (χ3n) is 2.26. The minimum absolute atomic E-state index is 0.0267. The van der Waals surface area contributed by atoms with Crippen molar-refractivity contribution in [2.24, 2.45) is 0 Å². The summed E-state index contributed by atoms with van der Waals surface area (Å²) in [5.74, 6) is 0. The van der Waals surface area contributed by atoms with E-state index in [-0.39, 0.29) is 5.56 Å². The molecule has 0 fully saturated rings. The van der Waals surface area contributed by atoms with Gasteiger partial charge in [-0.2, -0.15) is 0 Å². The second-order valence-electron chi connectivity index (χ2n) is 3.32. The molecule has 0 aliphatic carbocycles. The Morgan fingerprint density at radius 2 is 1.80 bits per heavy atom. The highest BCUT2D eigenvalue weighted by Gasteiger charge is 2.04. The van der Waals surface area contributed by atoms with Gasteiger partial charge in [-0.25, -0.2) is 0 Å². The van der Waals surface area contributed by atoms with E-state index >= 15 is 0 Å². The van der Waals surface area contributed by atoms with E-state index in [1.165, 1.54) is 0 Å². The lowest BCUT2D eigenvalue weighted by Gasteiger charge is -2.06. The van der Waals surface area contributed by atoms with E-state index in [4.69, 9.17) is 0 Å². The molecule has 0 aliphatic heterocycles. The Morgan fingerprint density at radius 3 is 2.47 bits per heavy atom. The van der Waals surface area contributed by atoms with Gasteiger partial charge < -0.3 is 0 Å². The number of nitrogens with zero attached hydrogens (tertiary/aromatic N) is 1. The summed E-state index contributed by atoms with van der Waals surface area (Å²) < 4.78 is 2.24. The van der Waals surface area contributed by atoms with Gasteiger partial charge >= 0.3 is 0 Å². The first-order valence-corrected chi connectivity index (χ1v) is 5.42. The molecule has 0 saturated heterocycles. The summed E-state index contributed by atoms with van der Waals surface area (Å²) >= 11 is 3.29. The van der Waals surface area contributed by atoms with Crippen LogP contribution in [0.4, 0.5) is 0 Å². The van der Waals surface area contributed by atoms with Crippen molar-refractivity contribution in [2.75, 3.05) is 0 Å². The van der Waals surface area contributed by atoms with Gasteiger partial charge in [0, 0.05) is 11.9 Å². The quantitative estimate of drug-likeness (QED) is 0.776. The molecular formula is C12H10BrNO. The molecule has 0 unspecified atom stereocenters. The summed E-state index contributed by atoms with van der Waals surface area (Å²) in [4.78, 5) is 11.9. The fourth-order valence-corrected chi connectivity index (χ4v) is 1.72. The summed E-state index contributed by atoms with van der Waals surface area (Å²) in [6.07, 6.45) is 1.79. The lowest BCUT2D eigenvalue weighted by Crippen LogP contribution is -2.18. The number of pyridine rings is 1. The Hall–Kier alpha value is -1.35. The third kappa shape index (κ3) is 1.88. The van der Waals surface area contributed by atoms with Crippen LogP contribution in [-0.4, -0.2) is 4.57 Å². The molecule has 3 heteroatoms. The molecule has 2 nitrogen and oxygen atoms in total. The van der Waals surface area contributed by atoms with Crippen LogP contribution in [0, 0.1) is 6.92 Å². The van der Waals surface area contributed by atoms with Crippen LogP contribution in [0.25, 0.3) is 5.69 Å². The van der Waals surface area contributed by atoms with Gasteiger partial charge in [-0.3, -0.25) is 9.36 Å². The average Bonchev–Trinajstić information content (AvgIpc) is 2.27. The first-order chi connectivity index (χ1) is 7.20. The molecule has 76 valence electrons. The minimum Gasteiger partial charge on any atom is -0.283 e. The summed E-state index contributed by atoms with van der Waals surface area (Å²) in [6.45, 7) is 1.90. The molecule has 0 aliphatic rings. The number of rotatable bonds is 1. The van der Waals surface area contributed by atoms with Gasteiger partial charge in [0.1, 0.15) is 0 Å². The first kappa shape index (κ1) is 10.2. The SMILES string of the molecule is Cc1ccn(-c2ccccc2)c(=O)c1Br. The summed E-state index contributed by atoms with van der Waals surface area (Å²) in [5, 5.41) is 0. The first-order valence-electron chi connectivity index (χ1n) is 4.63. The molecule has 0 atom stereocenters. The van der Waals surface area contributed by atoms with Crippen LogP contribution in [0.15, 0.2) is 51.9 Å². The second-order valence-corrected chi connectivity index (χ2v) is 4.12. The van der Waals surface area contributed by atoms with E-state index in [9.17, 15) is 4.79 Å². The summed E-state index contributed by atoms with van der Waals surface area (Å²) in [6, 6.07) is 11.5. The Bertz CT molecular complexity index is 531. The number of hydrogen-bond donors (Lipinski definition) is 0. The van der Waals surface area contributed by atoms with Crippen LogP contribution in [-0.2, 0) is 0 Å². The third-order valence-corrected chi connectivity index (χ3v) is 3.23. The van der Waals surface area contributed by atoms with Crippen LogP contribution in [0.1, 0.15) is 5.56 Å². The van der Waals surface area contributed by atoms with Gasteiger partial charge in [-0.15, -0.1) is 0 Å². The van der Waals surface area contributed by atoms with Crippen molar-refractivity contribution in [2.45, 2.75) is 6.92 Å². The molecule has 15 heavy (non-hydrogen) atoms. The molecule has 2 rings (SSSR count). The molecule has 1 heterocycles. The number of aryl methyl sites for hydroxylation is 1. The number of hydrogen-bond acceptors (Lipinski definition) is 1. The lowest BCUT2D eigenvalue weighted by atomic mass is 10.2. The molecule has 1 aromatic carbocycles. The van der Waals surface area contributed by atoms with Gasteiger partial charge in [0.25, 0.3) is 5.56 Å². The largest absolute Gasteiger partial charge is 0.283 e. The van der Waals surface area contributed by atoms with Crippen molar-refractivity contribution in [1.82, 2.24) is 4.57 Å². The van der Waals surface area contributed by atoms with Crippen molar-refractivity contribution in [3.8, 4) is 5.69 Å². The van der Waals surface area contributed by atoms with E-state index in [0.29, 0.717) is 4.47 Å². The minimum atomic E-state index is -0.0267. The summed E-state index contributed by atoms with van der Waals surface area (Å²) in [5.41, 5.74) is 1.80. The number of halogens is 1. The molecular weight excluding hydrogens is 254 g/mol. The van der Waals surface area contributed by atoms with E-state index < -0.39 is 0 Å². The van der Waals surface area contributed by atoms with Crippen molar-refractivity contribution >= 4 is 15.9 Å². The highest BCUT2D eigenvalue weighted by molar-refractivity contribution is 9.10. The molecule has 0 amide bonds. The highest BCUT2D eigenvalue weighted by Crippen LogP contribution is 2.12. The predicted molar refractivity (Wildman–Crippen MR) is 64.5 cm³/mol. The van der Waals surface area contributed by atoms with Crippen LogP contribution in [0.3, 0.4) is 0 Å². The van der Waals surface area contributed by atoms with Crippen LogP contribution in [0.5, 0.6) is 0 Å². The van der Waals surface area contributed by atoms with Crippen LogP contribution < -0.4 is 5.56 Å². The molecule has 0 saturated carbocycles. The smallest absolute Gasteiger partial charge is 0.269 e. The zero-order valence-corrected chi connectivity index (χ0v) is 9.86. The maximum Gasteiger partial charge on any atom is 0.269 e. The normalized spacial score (nSPS) is 10.3. The average molecular weight is 264 g/mol. The molecule has 0 spiro atoms. The molecule has 0 radical (unpaired) electrons. The van der Waals surface area contributed by atoms with Crippen molar-refractivity contribution in [3.63, 3.8) is 0 Å². The highest BCUT2D eigenvalue weighted by atomic mass is 79.9. The monoisotopic (exact) mass is 263 g/mol. The Labute approximate surface area is 96.3 Å². The lowest BCUT2D eigenvalue weighted by molar-refractivity contribution is 0.971. The summed E-state index contributed by atoms with van der Waals surface area (Å²) in [7, 11) is 0. The zero-order valence-electron chi connectivity index (χ0n) is 8.27. The standard InChI is InChI=1S/C12H10BrNO/c1-9-7-8-14(12(15)11(9)13)10-5-3-2-4-6-10/h2-8H,1H3. The number of para-hydroxylation sites is 1. The van der Waals surface area contributed by atoms with Gasteiger partial charge in [-0.05, 0) is 46.6 Å². The molecule has 2 aromatic rings. The topological polar surface area (TPSA) is 22.0 Å². The van der Waals surface area contributed by atoms with E-state index in [0.717, 1.165) is 11.3 Å². The van der Waals surface area contributed by atoms with E-state index in [2.05, 4.69) is 15.9 Å². The van der Waals surface area contributed by atoms with Crippen molar-refractivity contribution in [3.05, 3.63) is 63.0 Å². The zero-order chi connectivity index (χ0) is 10.8. The van der Waals surface area contributed by atoms with Crippen LogP contribution in [0.2, 0.25) is 0 Å². The predicted octanol–water partition coefficient (Wildman–Crippen LogP) is 2.91. The number of benzene rings is 1. The Kier molecular flexibility index (Phi) is 2.73. The van der Waals surface area contributed by atoms with E-state index in [1.54, 1.807) is 10.8 Å². The van der Waals surface area contributed by atoms with Crippen molar-refractivity contribution in [1.29, 1.82) is 0 Å². The van der Waals surface area contributed by atoms with Gasteiger partial charge in [0.05, 0.1) is 4.47 Å². The Balaban J connectivity index is 2.66. The number of aromatic nitrogens is 1. The van der Waals surface area contributed by atoms with Gasteiger partial charge in [0.15, 0.2) is 0 Å². The van der Waals surface area contributed by atoms with Gasteiger partial charge in [0.2, 0.25) is 0 Å². The fraction of sp³-hybridized carbons (Fsp3) is 0.0833. The van der Waals surface area contributed by atoms with E-state index in [1.807, 2.05) is 43.3 Å². The maximum atomic E-state index is 11.9. The fourth-order valence-electron chi connectivity index (χ4n) is 1.39. The maximum absolute atomic E-state index is 11.9. The molecule has 0 bridgehead atoms. The molecule has 0 N–H and O–H groups in total. The van der Waals surface area contributed by atoms with Gasteiger partial charge in [-0.1, -0.05) is 18.2 Å². The second kappa shape index (κ2) is 4.03. The van der Waals surface area contributed by atoms with Crippen LogP contribution >= 0.6 is 15.9 Å².